The zero-order chi connectivity index (χ0) is 16.8. The Morgan fingerprint density at radius 2 is 1.79 bits per heavy atom. The van der Waals surface area contributed by atoms with Crippen molar-refractivity contribution >= 4 is 11.7 Å². The van der Waals surface area contributed by atoms with E-state index in [0.29, 0.717) is 13.2 Å². The van der Waals surface area contributed by atoms with Crippen molar-refractivity contribution in [1.82, 2.24) is 0 Å². The first-order valence-electron chi connectivity index (χ1n) is 8.14. The summed E-state index contributed by atoms with van der Waals surface area (Å²) in [6, 6.07) is 13.4. The number of ether oxygens (including phenoxy) is 2. The number of carboxylic acids is 1. The van der Waals surface area contributed by atoms with Crippen molar-refractivity contribution in [2.75, 3.05) is 18.5 Å². The molecule has 5 heteroatoms. The molecular formula is C19H21NO4. The highest BCUT2D eigenvalue weighted by atomic mass is 16.5. The third-order valence-corrected chi connectivity index (χ3v) is 3.84. The maximum atomic E-state index is 10.8. The van der Waals surface area contributed by atoms with E-state index in [1.54, 1.807) is 0 Å². The number of hydrogen-bond donors (Lipinski definition) is 2. The zero-order valence-electron chi connectivity index (χ0n) is 13.5. The molecule has 0 aliphatic carbocycles. The smallest absolute Gasteiger partial charge is 0.307 e. The fourth-order valence-electron chi connectivity index (χ4n) is 2.63. The van der Waals surface area contributed by atoms with Gasteiger partial charge in [-0.1, -0.05) is 18.2 Å². The van der Waals surface area contributed by atoms with E-state index >= 15 is 0 Å². The van der Waals surface area contributed by atoms with Gasteiger partial charge in [0.2, 0.25) is 0 Å². The van der Waals surface area contributed by atoms with E-state index in [4.69, 9.17) is 14.6 Å². The summed E-state index contributed by atoms with van der Waals surface area (Å²) in [5.41, 5.74) is 2.77. The van der Waals surface area contributed by atoms with E-state index in [1.165, 1.54) is 0 Å². The van der Waals surface area contributed by atoms with Crippen molar-refractivity contribution in [3.8, 4) is 11.5 Å². The number of hydrogen-bond acceptors (Lipinski definition) is 4. The quantitative estimate of drug-likeness (QED) is 0.880. The predicted molar refractivity (Wildman–Crippen MR) is 91.8 cm³/mol. The molecule has 1 aliphatic heterocycles. The molecule has 0 saturated carbocycles. The Bertz CT molecular complexity index is 714. The highest BCUT2D eigenvalue weighted by molar-refractivity contribution is 5.70. The van der Waals surface area contributed by atoms with E-state index < -0.39 is 5.97 Å². The second kappa shape index (κ2) is 7.73. The molecule has 2 aromatic rings. The Labute approximate surface area is 141 Å². The zero-order valence-corrected chi connectivity index (χ0v) is 13.5. The molecule has 24 heavy (non-hydrogen) atoms. The Morgan fingerprint density at radius 1 is 1.00 bits per heavy atom. The Balaban J connectivity index is 1.66. The van der Waals surface area contributed by atoms with Crippen LogP contribution >= 0.6 is 0 Å². The van der Waals surface area contributed by atoms with Gasteiger partial charge in [-0.2, -0.15) is 0 Å². The molecule has 0 spiro atoms. The number of carboxylic acid groups (broad SMARTS) is 1. The molecule has 0 radical (unpaired) electrons. The summed E-state index contributed by atoms with van der Waals surface area (Å²) in [6.07, 6.45) is 2.03. The topological polar surface area (TPSA) is 67.8 Å². The summed E-state index contributed by atoms with van der Waals surface area (Å²) < 4.78 is 11.5. The van der Waals surface area contributed by atoms with Gasteiger partial charge in [0, 0.05) is 12.2 Å². The van der Waals surface area contributed by atoms with Gasteiger partial charge in [0.05, 0.1) is 19.6 Å². The summed E-state index contributed by atoms with van der Waals surface area (Å²) in [6.45, 7) is 2.07. The van der Waals surface area contributed by atoms with E-state index in [0.717, 1.165) is 47.8 Å². The highest BCUT2D eigenvalue weighted by Gasteiger charge is 2.10. The van der Waals surface area contributed by atoms with Gasteiger partial charge in [0.25, 0.3) is 0 Å². The van der Waals surface area contributed by atoms with Crippen molar-refractivity contribution in [2.24, 2.45) is 0 Å². The van der Waals surface area contributed by atoms with E-state index in [9.17, 15) is 4.79 Å². The lowest BCUT2D eigenvalue weighted by atomic mass is 10.1. The van der Waals surface area contributed by atoms with Crippen LogP contribution in [-0.2, 0) is 17.8 Å². The van der Waals surface area contributed by atoms with E-state index in [2.05, 4.69) is 5.32 Å². The number of fused-ring (bicyclic) bond motifs is 1. The van der Waals surface area contributed by atoms with Crippen LogP contribution in [0.25, 0.3) is 0 Å². The minimum atomic E-state index is -0.828. The largest absolute Gasteiger partial charge is 0.490 e. The fraction of sp³-hybridized carbons (Fsp3) is 0.316. The molecule has 5 nitrogen and oxygen atoms in total. The molecule has 2 aromatic carbocycles. The molecule has 126 valence electrons. The van der Waals surface area contributed by atoms with Crippen LogP contribution in [0.1, 0.15) is 24.0 Å². The third kappa shape index (κ3) is 4.41. The molecule has 0 bridgehead atoms. The van der Waals surface area contributed by atoms with Gasteiger partial charge in [0.1, 0.15) is 0 Å². The maximum Gasteiger partial charge on any atom is 0.307 e. The monoisotopic (exact) mass is 327 g/mol. The fourth-order valence-corrected chi connectivity index (χ4v) is 2.63. The minimum Gasteiger partial charge on any atom is -0.490 e. The molecule has 0 unspecified atom stereocenters. The number of rotatable bonds is 5. The molecule has 1 aliphatic rings. The molecule has 3 rings (SSSR count). The summed E-state index contributed by atoms with van der Waals surface area (Å²) in [4.78, 5) is 10.8. The summed E-state index contributed by atoms with van der Waals surface area (Å²) in [7, 11) is 0. The lowest BCUT2D eigenvalue weighted by Gasteiger charge is -2.17. The van der Waals surface area contributed by atoms with E-state index in [1.807, 2.05) is 42.5 Å². The Morgan fingerprint density at radius 3 is 2.58 bits per heavy atom. The number of anilines is 1. The van der Waals surface area contributed by atoms with Gasteiger partial charge in [-0.3, -0.25) is 4.79 Å². The van der Waals surface area contributed by atoms with E-state index in [-0.39, 0.29) is 6.42 Å². The Kier molecular flexibility index (Phi) is 5.21. The average Bonchev–Trinajstić information content (AvgIpc) is 2.54. The van der Waals surface area contributed by atoms with Crippen LogP contribution in [0.15, 0.2) is 42.5 Å². The second-order valence-electron chi connectivity index (χ2n) is 5.81. The van der Waals surface area contributed by atoms with Crippen LogP contribution in [0.5, 0.6) is 11.5 Å². The first-order chi connectivity index (χ1) is 11.7. The standard InChI is InChI=1S/C19H21NO4/c21-19(22)12-14-4-3-5-16(10-14)20-13-15-6-7-17-18(11-15)24-9-2-1-8-23-17/h3-7,10-11,20H,1-2,8-9,12-13H2,(H,21,22). The van der Waals surface area contributed by atoms with Crippen LogP contribution in [0.2, 0.25) is 0 Å². The van der Waals surface area contributed by atoms with Crippen LogP contribution < -0.4 is 14.8 Å². The molecule has 0 atom stereocenters. The molecule has 2 N–H and O–H groups in total. The van der Waals surface area contributed by atoms with Gasteiger partial charge >= 0.3 is 5.97 Å². The van der Waals surface area contributed by atoms with Crippen molar-refractivity contribution in [3.63, 3.8) is 0 Å². The summed E-state index contributed by atoms with van der Waals surface area (Å²) in [5.74, 6) is 0.751. The first kappa shape index (κ1) is 16.2. The number of benzene rings is 2. The summed E-state index contributed by atoms with van der Waals surface area (Å²) >= 11 is 0. The molecule has 0 aromatic heterocycles. The normalized spacial score (nSPS) is 13.7. The average molecular weight is 327 g/mol. The molecule has 1 heterocycles. The molecule has 0 saturated heterocycles. The van der Waals surface area contributed by atoms with Crippen LogP contribution in [0.4, 0.5) is 5.69 Å². The van der Waals surface area contributed by atoms with Crippen LogP contribution in [0, 0.1) is 0 Å². The van der Waals surface area contributed by atoms with Crippen molar-refractivity contribution < 1.29 is 19.4 Å². The molecule has 0 amide bonds. The van der Waals surface area contributed by atoms with Crippen LogP contribution in [0.3, 0.4) is 0 Å². The lowest BCUT2D eigenvalue weighted by molar-refractivity contribution is -0.136. The number of carbonyl (C=O) groups is 1. The van der Waals surface area contributed by atoms with Gasteiger partial charge in [-0.05, 0) is 48.2 Å². The summed E-state index contributed by atoms with van der Waals surface area (Å²) in [5, 5.41) is 12.2. The number of aliphatic carboxylic acids is 1. The van der Waals surface area contributed by atoms with Crippen molar-refractivity contribution in [2.45, 2.75) is 25.8 Å². The second-order valence-corrected chi connectivity index (χ2v) is 5.81. The highest BCUT2D eigenvalue weighted by Crippen LogP contribution is 2.30. The van der Waals surface area contributed by atoms with Crippen molar-refractivity contribution in [3.05, 3.63) is 53.6 Å². The molecule has 0 fully saturated rings. The lowest BCUT2D eigenvalue weighted by Crippen LogP contribution is -2.09. The van der Waals surface area contributed by atoms with Gasteiger partial charge in [-0.15, -0.1) is 0 Å². The third-order valence-electron chi connectivity index (χ3n) is 3.84. The van der Waals surface area contributed by atoms with Gasteiger partial charge < -0.3 is 19.9 Å². The van der Waals surface area contributed by atoms with Gasteiger partial charge in [-0.25, -0.2) is 0 Å². The number of nitrogens with one attached hydrogen (secondary N) is 1. The SMILES string of the molecule is O=C(O)Cc1cccc(NCc2ccc3c(c2)OCCCCO3)c1. The minimum absolute atomic E-state index is 0.0273. The van der Waals surface area contributed by atoms with Gasteiger partial charge in [0.15, 0.2) is 11.5 Å². The predicted octanol–water partition coefficient (Wildman–Crippen LogP) is 3.48. The first-order valence-corrected chi connectivity index (χ1v) is 8.14. The molecular weight excluding hydrogens is 306 g/mol. The Hall–Kier alpha value is -2.69. The maximum absolute atomic E-state index is 10.8. The van der Waals surface area contributed by atoms with Crippen LogP contribution in [-0.4, -0.2) is 24.3 Å². The van der Waals surface area contributed by atoms with Crippen molar-refractivity contribution in [1.29, 1.82) is 0 Å².